The van der Waals surface area contributed by atoms with E-state index >= 15 is 0 Å². The minimum atomic E-state index is 0.134. The molecular weight excluding hydrogens is 218 g/mol. The van der Waals surface area contributed by atoms with Crippen molar-refractivity contribution in [3.05, 3.63) is 59.2 Å². The summed E-state index contributed by atoms with van der Waals surface area (Å²) in [7, 11) is 0. The molecule has 94 valence electrons. The van der Waals surface area contributed by atoms with Crippen LogP contribution < -0.4 is 5.73 Å². The first-order valence-electron chi connectivity index (χ1n) is 6.55. The van der Waals surface area contributed by atoms with Gasteiger partial charge in [-0.15, -0.1) is 0 Å². The van der Waals surface area contributed by atoms with Gasteiger partial charge in [-0.05, 0) is 48.6 Å². The second kappa shape index (κ2) is 5.36. The van der Waals surface area contributed by atoms with Gasteiger partial charge in [0.2, 0.25) is 0 Å². The number of aryl methyl sites for hydroxylation is 2. The van der Waals surface area contributed by atoms with Crippen molar-refractivity contribution in [1.29, 1.82) is 0 Å². The maximum Gasteiger partial charge on any atom is 0.0292 e. The van der Waals surface area contributed by atoms with Crippen LogP contribution in [0.25, 0.3) is 11.1 Å². The number of rotatable bonds is 3. The molecule has 18 heavy (non-hydrogen) atoms. The third kappa shape index (κ3) is 2.62. The smallest absolute Gasteiger partial charge is 0.0292 e. The van der Waals surface area contributed by atoms with Crippen molar-refractivity contribution in [2.24, 2.45) is 5.73 Å². The Kier molecular flexibility index (Phi) is 3.83. The minimum absolute atomic E-state index is 0.134. The Balaban J connectivity index is 2.47. The monoisotopic (exact) mass is 239 g/mol. The molecule has 2 N–H and O–H groups in total. The number of nitrogens with two attached hydrogens (primary N) is 1. The Bertz CT molecular complexity index is 543. The van der Waals surface area contributed by atoms with Crippen LogP contribution in [0.15, 0.2) is 42.5 Å². The molecule has 2 aromatic rings. The molecule has 0 aliphatic rings. The molecular formula is C17H21N. The summed E-state index contributed by atoms with van der Waals surface area (Å²) in [5, 5.41) is 0. The predicted molar refractivity (Wildman–Crippen MR) is 78.6 cm³/mol. The van der Waals surface area contributed by atoms with Gasteiger partial charge in [0.15, 0.2) is 0 Å². The number of hydrogen-bond donors (Lipinski definition) is 1. The average molecular weight is 239 g/mol. The first-order chi connectivity index (χ1) is 8.61. The van der Waals surface area contributed by atoms with Gasteiger partial charge >= 0.3 is 0 Å². The number of hydrogen-bond acceptors (Lipinski definition) is 1. The van der Waals surface area contributed by atoms with Crippen LogP contribution in [0.2, 0.25) is 0 Å². The zero-order valence-electron chi connectivity index (χ0n) is 11.4. The van der Waals surface area contributed by atoms with Crippen molar-refractivity contribution in [3.8, 4) is 11.1 Å². The van der Waals surface area contributed by atoms with Gasteiger partial charge < -0.3 is 5.73 Å². The first-order valence-corrected chi connectivity index (χ1v) is 6.55. The lowest BCUT2D eigenvalue weighted by Crippen LogP contribution is -2.08. The quantitative estimate of drug-likeness (QED) is 0.845. The van der Waals surface area contributed by atoms with E-state index in [2.05, 4.69) is 63.2 Å². The van der Waals surface area contributed by atoms with E-state index in [1.807, 2.05) is 0 Å². The fourth-order valence-electron chi connectivity index (χ4n) is 2.22. The minimum Gasteiger partial charge on any atom is -0.324 e. The summed E-state index contributed by atoms with van der Waals surface area (Å²) >= 11 is 0. The average Bonchev–Trinajstić information content (AvgIpc) is 2.40. The lowest BCUT2D eigenvalue weighted by molar-refractivity contribution is 0.699. The summed E-state index contributed by atoms with van der Waals surface area (Å²) in [4.78, 5) is 0. The highest BCUT2D eigenvalue weighted by Crippen LogP contribution is 2.27. The van der Waals surface area contributed by atoms with Gasteiger partial charge in [-0.25, -0.2) is 0 Å². The number of benzene rings is 2. The summed E-state index contributed by atoms with van der Waals surface area (Å²) in [6.45, 7) is 6.40. The Labute approximate surface area is 110 Å². The van der Waals surface area contributed by atoms with Crippen molar-refractivity contribution in [3.63, 3.8) is 0 Å². The van der Waals surface area contributed by atoms with Crippen LogP contribution in [0.3, 0.4) is 0 Å². The largest absolute Gasteiger partial charge is 0.324 e. The summed E-state index contributed by atoms with van der Waals surface area (Å²) < 4.78 is 0. The van der Waals surface area contributed by atoms with E-state index < -0.39 is 0 Å². The second-order valence-corrected chi connectivity index (χ2v) is 4.96. The third-order valence-corrected chi connectivity index (χ3v) is 3.46. The van der Waals surface area contributed by atoms with Gasteiger partial charge in [-0.2, -0.15) is 0 Å². The van der Waals surface area contributed by atoms with Crippen LogP contribution in [0, 0.1) is 13.8 Å². The molecule has 2 rings (SSSR count). The molecule has 0 fully saturated rings. The van der Waals surface area contributed by atoms with Gasteiger partial charge in [0.05, 0.1) is 0 Å². The third-order valence-electron chi connectivity index (χ3n) is 3.46. The molecule has 1 heteroatoms. The highest BCUT2D eigenvalue weighted by Gasteiger charge is 2.06. The molecule has 1 unspecified atom stereocenters. The van der Waals surface area contributed by atoms with E-state index in [0.717, 1.165) is 6.42 Å². The fourth-order valence-corrected chi connectivity index (χ4v) is 2.22. The molecule has 1 nitrogen and oxygen atoms in total. The Morgan fingerprint density at radius 1 is 1.06 bits per heavy atom. The topological polar surface area (TPSA) is 26.0 Å². The Hall–Kier alpha value is -1.60. The van der Waals surface area contributed by atoms with Crippen LogP contribution in [-0.4, -0.2) is 0 Å². The van der Waals surface area contributed by atoms with E-state index in [1.54, 1.807) is 0 Å². The fraction of sp³-hybridized carbons (Fsp3) is 0.294. The summed E-state index contributed by atoms with van der Waals surface area (Å²) in [5.41, 5.74) is 12.5. The molecule has 0 radical (unpaired) electrons. The predicted octanol–water partition coefficient (Wildman–Crippen LogP) is 4.38. The van der Waals surface area contributed by atoms with E-state index in [-0.39, 0.29) is 6.04 Å². The molecule has 0 heterocycles. The molecule has 0 spiro atoms. The summed E-state index contributed by atoms with van der Waals surface area (Å²) in [6, 6.07) is 15.3. The molecule has 0 aromatic heterocycles. The highest BCUT2D eigenvalue weighted by atomic mass is 14.6. The van der Waals surface area contributed by atoms with E-state index in [9.17, 15) is 0 Å². The maximum atomic E-state index is 6.11. The van der Waals surface area contributed by atoms with Crippen LogP contribution >= 0.6 is 0 Å². The Morgan fingerprint density at radius 3 is 2.56 bits per heavy atom. The molecule has 0 saturated heterocycles. The molecule has 0 amide bonds. The van der Waals surface area contributed by atoms with Gasteiger partial charge in [0, 0.05) is 6.04 Å². The second-order valence-electron chi connectivity index (χ2n) is 4.96. The summed E-state index contributed by atoms with van der Waals surface area (Å²) in [5.74, 6) is 0. The molecule has 1 atom stereocenters. The van der Waals surface area contributed by atoms with Crippen LogP contribution in [-0.2, 0) is 0 Å². The van der Waals surface area contributed by atoms with Crippen LogP contribution in [0.1, 0.15) is 36.1 Å². The zero-order chi connectivity index (χ0) is 13.1. The van der Waals surface area contributed by atoms with E-state index in [4.69, 9.17) is 5.73 Å². The van der Waals surface area contributed by atoms with Crippen LogP contribution in [0.5, 0.6) is 0 Å². The van der Waals surface area contributed by atoms with E-state index in [1.165, 1.54) is 27.8 Å². The van der Waals surface area contributed by atoms with Gasteiger partial charge in [-0.1, -0.05) is 48.9 Å². The van der Waals surface area contributed by atoms with Crippen LogP contribution in [0.4, 0.5) is 0 Å². The summed E-state index contributed by atoms with van der Waals surface area (Å²) in [6.07, 6.45) is 0.969. The van der Waals surface area contributed by atoms with E-state index in [0.29, 0.717) is 0 Å². The standard InChI is InChI=1S/C17H21N/c1-4-17(18)15-7-5-6-14(11-15)16-10-12(2)8-9-13(16)3/h5-11,17H,4,18H2,1-3H3. The maximum absolute atomic E-state index is 6.11. The molecule has 0 bridgehead atoms. The van der Waals surface area contributed by atoms with Crippen molar-refractivity contribution in [2.45, 2.75) is 33.2 Å². The van der Waals surface area contributed by atoms with Crippen molar-refractivity contribution < 1.29 is 0 Å². The van der Waals surface area contributed by atoms with Gasteiger partial charge in [0.25, 0.3) is 0 Å². The Morgan fingerprint density at radius 2 is 1.83 bits per heavy atom. The highest BCUT2D eigenvalue weighted by molar-refractivity contribution is 5.68. The molecule has 2 aromatic carbocycles. The lowest BCUT2D eigenvalue weighted by atomic mass is 9.95. The van der Waals surface area contributed by atoms with Gasteiger partial charge in [-0.3, -0.25) is 0 Å². The normalized spacial score (nSPS) is 12.4. The SMILES string of the molecule is CCC(N)c1cccc(-c2cc(C)ccc2C)c1. The molecule has 0 saturated carbocycles. The first kappa shape index (κ1) is 12.8. The lowest BCUT2D eigenvalue weighted by Gasteiger charge is -2.13. The zero-order valence-corrected chi connectivity index (χ0v) is 11.4. The van der Waals surface area contributed by atoms with Gasteiger partial charge in [0.1, 0.15) is 0 Å². The van der Waals surface area contributed by atoms with Crippen molar-refractivity contribution >= 4 is 0 Å². The molecule has 0 aliphatic carbocycles. The molecule has 0 aliphatic heterocycles. The van der Waals surface area contributed by atoms with Crippen molar-refractivity contribution in [2.75, 3.05) is 0 Å². The van der Waals surface area contributed by atoms with Crippen molar-refractivity contribution in [1.82, 2.24) is 0 Å².